The topological polar surface area (TPSA) is 50.4 Å². The normalized spacial score (nSPS) is 9.96. The highest BCUT2D eigenvalue weighted by Crippen LogP contribution is 2.22. The monoisotopic (exact) mass is 348 g/mol. The molecular weight excluding hydrogens is 324 g/mol. The molecule has 1 amide bonds. The van der Waals surface area contributed by atoms with Gasteiger partial charge in [0.1, 0.15) is 12.4 Å². The van der Waals surface area contributed by atoms with Crippen LogP contribution >= 0.6 is 12.4 Å². The molecule has 2 aromatic rings. The van der Waals surface area contributed by atoms with Crippen LogP contribution in [-0.4, -0.2) is 19.5 Å². The number of amides is 1. The second-order valence-corrected chi connectivity index (χ2v) is 5.66. The van der Waals surface area contributed by atoms with Crippen LogP contribution < -0.4 is 15.4 Å². The SMILES string of the molecule is CNCCC(=O)Nc1ccc(OCc2cccc(C)c2)cc1C.Cl. The van der Waals surface area contributed by atoms with Crippen molar-refractivity contribution < 1.29 is 9.53 Å². The van der Waals surface area contributed by atoms with Crippen LogP contribution in [0.4, 0.5) is 5.69 Å². The molecule has 2 N–H and O–H groups in total. The van der Waals surface area contributed by atoms with Crippen molar-refractivity contribution in [3.63, 3.8) is 0 Å². The number of carbonyl (C=O) groups excluding carboxylic acids is 1. The van der Waals surface area contributed by atoms with E-state index in [0.717, 1.165) is 22.6 Å². The Morgan fingerprint density at radius 1 is 1.12 bits per heavy atom. The molecule has 0 radical (unpaired) electrons. The lowest BCUT2D eigenvalue weighted by Crippen LogP contribution is -2.19. The molecule has 0 atom stereocenters. The molecule has 0 aliphatic rings. The first-order chi connectivity index (χ1) is 11.1. The first-order valence-electron chi connectivity index (χ1n) is 7.82. The van der Waals surface area contributed by atoms with E-state index >= 15 is 0 Å². The summed E-state index contributed by atoms with van der Waals surface area (Å²) in [5, 5.41) is 5.88. The Kier molecular flexibility index (Phi) is 8.30. The fourth-order valence-electron chi connectivity index (χ4n) is 2.29. The van der Waals surface area contributed by atoms with Gasteiger partial charge in [-0.25, -0.2) is 0 Å². The standard InChI is InChI=1S/C19H24N2O2.ClH/c1-14-5-4-6-16(11-14)13-23-17-7-8-18(15(2)12-17)21-19(22)9-10-20-3;/h4-8,11-12,20H,9-10,13H2,1-3H3,(H,21,22);1H. The summed E-state index contributed by atoms with van der Waals surface area (Å²) in [6, 6.07) is 14.0. The fourth-order valence-corrected chi connectivity index (χ4v) is 2.29. The Morgan fingerprint density at radius 3 is 2.58 bits per heavy atom. The Bertz CT molecular complexity index is 674. The number of nitrogens with one attached hydrogen (secondary N) is 2. The Hall–Kier alpha value is -2.04. The summed E-state index contributed by atoms with van der Waals surface area (Å²) in [6.07, 6.45) is 0.460. The van der Waals surface area contributed by atoms with Crippen LogP contribution in [0.1, 0.15) is 23.1 Å². The highest BCUT2D eigenvalue weighted by Gasteiger charge is 2.06. The highest BCUT2D eigenvalue weighted by atomic mass is 35.5. The number of ether oxygens (including phenoxy) is 1. The van der Waals surface area contributed by atoms with Gasteiger partial charge in [-0.2, -0.15) is 0 Å². The van der Waals surface area contributed by atoms with Crippen molar-refractivity contribution in [2.75, 3.05) is 18.9 Å². The van der Waals surface area contributed by atoms with Crippen LogP contribution in [-0.2, 0) is 11.4 Å². The van der Waals surface area contributed by atoms with Gasteiger partial charge in [-0.05, 0) is 50.2 Å². The third-order valence-corrected chi connectivity index (χ3v) is 3.56. The Morgan fingerprint density at radius 2 is 1.92 bits per heavy atom. The molecular formula is C19H25ClN2O2. The molecule has 0 spiro atoms. The number of benzene rings is 2. The summed E-state index contributed by atoms with van der Waals surface area (Å²) < 4.78 is 5.83. The molecule has 5 heteroatoms. The summed E-state index contributed by atoms with van der Waals surface area (Å²) in [5.74, 6) is 0.813. The van der Waals surface area contributed by atoms with Crippen LogP contribution in [0.2, 0.25) is 0 Å². The van der Waals surface area contributed by atoms with E-state index in [4.69, 9.17) is 4.74 Å². The lowest BCUT2D eigenvalue weighted by atomic mass is 10.1. The average molecular weight is 349 g/mol. The first kappa shape index (κ1) is 20.0. The number of hydrogen-bond donors (Lipinski definition) is 2. The number of anilines is 1. The van der Waals surface area contributed by atoms with E-state index in [9.17, 15) is 4.79 Å². The highest BCUT2D eigenvalue weighted by molar-refractivity contribution is 5.91. The molecule has 0 aliphatic carbocycles. The summed E-state index contributed by atoms with van der Waals surface area (Å²) in [5.41, 5.74) is 4.19. The molecule has 0 unspecified atom stereocenters. The molecule has 24 heavy (non-hydrogen) atoms. The van der Waals surface area contributed by atoms with Gasteiger partial charge < -0.3 is 15.4 Å². The zero-order valence-corrected chi connectivity index (χ0v) is 15.2. The van der Waals surface area contributed by atoms with Gasteiger partial charge in [-0.1, -0.05) is 29.8 Å². The third-order valence-electron chi connectivity index (χ3n) is 3.56. The zero-order chi connectivity index (χ0) is 16.7. The fraction of sp³-hybridized carbons (Fsp3) is 0.316. The van der Waals surface area contributed by atoms with E-state index in [0.29, 0.717) is 19.6 Å². The van der Waals surface area contributed by atoms with Crippen molar-refractivity contribution in [1.29, 1.82) is 0 Å². The minimum atomic E-state index is 0. The van der Waals surface area contributed by atoms with E-state index in [2.05, 4.69) is 35.8 Å². The van der Waals surface area contributed by atoms with Gasteiger partial charge in [0.15, 0.2) is 0 Å². The van der Waals surface area contributed by atoms with Crippen molar-refractivity contribution in [2.45, 2.75) is 26.9 Å². The van der Waals surface area contributed by atoms with Crippen LogP contribution in [0.5, 0.6) is 5.75 Å². The molecule has 2 aromatic carbocycles. The van der Waals surface area contributed by atoms with Crippen LogP contribution in [0.15, 0.2) is 42.5 Å². The van der Waals surface area contributed by atoms with Crippen molar-refractivity contribution in [1.82, 2.24) is 5.32 Å². The van der Waals surface area contributed by atoms with Crippen molar-refractivity contribution in [3.05, 3.63) is 59.2 Å². The van der Waals surface area contributed by atoms with E-state index in [-0.39, 0.29) is 18.3 Å². The number of rotatable bonds is 7. The summed E-state index contributed by atoms with van der Waals surface area (Å²) in [7, 11) is 1.83. The van der Waals surface area contributed by atoms with Crippen molar-refractivity contribution in [3.8, 4) is 5.75 Å². The molecule has 0 aliphatic heterocycles. The minimum absolute atomic E-state index is 0. The maximum absolute atomic E-state index is 11.8. The largest absolute Gasteiger partial charge is 0.489 e. The van der Waals surface area contributed by atoms with Crippen LogP contribution in [0, 0.1) is 13.8 Å². The molecule has 130 valence electrons. The van der Waals surface area contributed by atoms with E-state index in [1.165, 1.54) is 5.56 Å². The third kappa shape index (κ3) is 6.22. The zero-order valence-electron chi connectivity index (χ0n) is 14.4. The minimum Gasteiger partial charge on any atom is -0.489 e. The maximum Gasteiger partial charge on any atom is 0.225 e. The number of aryl methyl sites for hydroxylation is 2. The first-order valence-corrected chi connectivity index (χ1v) is 7.82. The molecule has 0 bridgehead atoms. The van der Waals surface area contributed by atoms with Crippen molar-refractivity contribution in [2.24, 2.45) is 0 Å². The maximum atomic E-state index is 11.8. The second kappa shape index (κ2) is 9.96. The molecule has 0 saturated carbocycles. The summed E-state index contributed by atoms with van der Waals surface area (Å²) in [6.45, 7) is 5.24. The predicted octanol–water partition coefficient (Wildman–Crippen LogP) is 3.85. The van der Waals surface area contributed by atoms with Crippen molar-refractivity contribution >= 4 is 24.0 Å². The number of carbonyl (C=O) groups is 1. The summed E-state index contributed by atoms with van der Waals surface area (Å²) in [4.78, 5) is 11.8. The predicted molar refractivity (Wildman–Crippen MR) is 101 cm³/mol. The van der Waals surface area contributed by atoms with Gasteiger partial charge in [-0.3, -0.25) is 4.79 Å². The van der Waals surface area contributed by atoms with E-state index < -0.39 is 0 Å². The molecule has 2 rings (SSSR count). The van der Waals surface area contributed by atoms with Crippen LogP contribution in [0.25, 0.3) is 0 Å². The summed E-state index contributed by atoms with van der Waals surface area (Å²) >= 11 is 0. The van der Waals surface area contributed by atoms with E-state index in [1.54, 1.807) is 0 Å². The Labute approximate surface area is 150 Å². The second-order valence-electron chi connectivity index (χ2n) is 5.66. The smallest absolute Gasteiger partial charge is 0.225 e. The van der Waals surface area contributed by atoms with E-state index in [1.807, 2.05) is 38.2 Å². The molecule has 4 nitrogen and oxygen atoms in total. The molecule has 0 saturated heterocycles. The van der Waals surface area contributed by atoms with Gasteiger partial charge >= 0.3 is 0 Å². The van der Waals surface area contributed by atoms with Crippen LogP contribution in [0.3, 0.4) is 0 Å². The van der Waals surface area contributed by atoms with Gasteiger partial charge in [0.2, 0.25) is 5.91 Å². The van der Waals surface area contributed by atoms with Gasteiger partial charge in [0.25, 0.3) is 0 Å². The lowest BCUT2D eigenvalue weighted by Gasteiger charge is -2.12. The lowest BCUT2D eigenvalue weighted by molar-refractivity contribution is -0.116. The molecule has 0 heterocycles. The molecule has 0 fully saturated rings. The van der Waals surface area contributed by atoms with Gasteiger partial charge in [0.05, 0.1) is 0 Å². The number of halogens is 1. The van der Waals surface area contributed by atoms with Gasteiger partial charge in [-0.15, -0.1) is 12.4 Å². The van der Waals surface area contributed by atoms with Gasteiger partial charge in [0, 0.05) is 18.7 Å². The average Bonchev–Trinajstić information content (AvgIpc) is 2.53. The Balaban J connectivity index is 0.00000288. The number of hydrogen-bond acceptors (Lipinski definition) is 3. The molecule has 0 aromatic heterocycles. The quantitative estimate of drug-likeness (QED) is 0.799.